The lowest BCUT2D eigenvalue weighted by molar-refractivity contribution is 0.267. The smallest absolute Gasteiger partial charge is 0.299 e. The molecule has 16 heavy (non-hydrogen) atoms. The van der Waals surface area contributed by atoms with Gasteiger partial charge >= 0.3 is 0 Å². The van der Waals surface area contributed by atoms with Crippen LogP contribution in [0, 0.1) is 11.8 Å². The first-order chi connectivity index (χ1) is 7.27. The SMILES string of the molecule is CC(C)CCO.CC(C)CCO.O=S(O)O. The molecule has 0 amide bonds. The first-order valence-corrected chi connectivity index (χ1v) is 6.35. The molecular formula is C10H26O5S. The molecule has 0 saturated heterocycles. The zero-order chi connectivity index (χ0) is 13.6. The van der Waals surface area contributed by atoms with Crippen molar-refractivity contribution in [3.05, 3.63) is 0 Å². The van der Waals surface area contributed by atoms with Crippen molar-refractivity contribution in [2.24, 2.45) is 11.8 Å². The Hall–Kier alpha value is -0.0100. The average Bonchev–Trinajstić information content (AvgIpc) is 2.02. The van der Waals surface area contributed by atoms with Crippen LogP contribution in [0.15, 0.2) is 0 Å². The molecule has 102 valence electrons. The van der Waals surface area contributed by atoms with Crippen LogP contribution in [0.1, 0.15) is 40.5 Å². The largest absolute Gasteiger partial charge is 0.396 e. The lowest BCUT2D eigenvalue weighted by Crippen LogP contribution is -1.89. The van der Waals surface area contributed by atoms with Gasteiger partial charge in [0.05, 0.1) is 0 Å². The van der Waals surface area contributed by atoms with Crippen molar-refractivity contribution in [3.63, 3.8) is 0 Å². The Kier molecular flexibility index (Phi) is 23.1. The maximum Gasteiger partial charge on any atom is 0.299 e. The van der Waals surface area contributed by atoms with Crippen LogP contribution in [0.3, 0.4) is 0 Å². The van der Waals surface area contributed by atoms with Gasteiger partial charge < -0.3 is 10.2 Å². The molecule has 0 radical (unpaired) electrons. The van der Waals surface area contributed by atoms with Crippen LogP contribution in [0.5, 0.6) is 0 Å². The van der Waals surface area contributed by atoms with Crippen LogP contribution in [0.2, 0.25) is 0 Å². The summed E-state index contributed by atoms with van der Waals surface area (Å²) >= 11 is -2.61. The highest BCUT2D eigenvalue weighted by Crippen LogP contribution is 1.95. The van der Waals surface area contributed by atoms with E-state index < -0.39 is 11.4 Å². The quantitative estimate of drug-likeness (QED) is 0.576. The molecule has 0 aliphatic carbocycles. The fourth-order valence-electron chi connectivity index (χ4n) is 0.516. The molecule has 0 aliphatic rings. The lowest BCUT2D eigenvalue weighted by Gasteiger charge is -1.95. The summed E-state index contributed by atoms with van der Waals surface area (Å²) < 4.78 is 22.8. The van der Waals surface area contributed by atoms with Crippen LogP contribution < -0.4 is 0 Å². The van der Waals surface area contributed by atoms with E-state index in [1.807, 2.05) is 0 Å². The van der Waals surface area contributed by atoms with Gasteiger partial charge in [-0.05, 0) is 24.7 Å². The number of hydrogen-bond acceptors (Lipinski definition) is 3. The molecule has 0 saturated carbocycles. The molecule has 4 N–H and O–H groups in total. The van der Waals surface area contributed by atoms with E-state index in [1.165, 1.54) is 0 Å². The molecule has 0 aromatic heterocycles. The third-order valence-corrected chi connectivity index (χ3v) is 1.41. The Labute approximate surface area is 101 Å². The lowest BCUT2D eigenvalue weighted by atomic mass is 10.2. The number of aliphatic hydroxyl groups excluding tert-OH is 2. The molecule has 0 rings (SSSR count). The molecule has 0 aromatic rings. The van der Waals surface area contributed by atoms with Gasteiger partial charge in [0, 0.05) is 13.2 Å². The summed E-state index contributed by atoms with van der Waals surface area (Å²) in [5.41, 5.74) is 0. The maximum absolute atomic E-state index is 8.67. The van der Waals surface area contributed by atoms with Gasteiger partial charge in [0.25, 0.3) is 11.4 Å². The summed E-state index contributed by atoms with van der Waals surface area (Å²) in [4.78, 5) is 0. The molecule has 0 atom stereocenters. The molecular weight excluding hydrogens is 232 g/mol. The minimum absolute atomic E-state index is 0.331. The van der Waals surface area contributed by atoms with Gasteiger partial charge in [0.15, 0.2) is 0 Å². The van der Waals surface area contributed by atoms with Gasteiger partial charge in [-0.3, -0.25) is 9.11 Å². The highest BCUT2D eigenvalue weighted by Gasteiger charge is 1.87. The summed E-state index contributed by atoms with van der Waals surface area (Å²) in [6.45, 7) is 9.04. The molecule has 6 heteroatoms. The van der Waals surface area contributed by atoms with E-state index in [0.29, 0.717) is 25.0 Å². The third-order valence-electron chi connectivity index (χ3n) is 1.41. The van der Waals surface area contributed by atoms with Crippen molar-refractivity contribution in [2.45, 2.75) is 40.5 Å². The predicted octanol–water partition coefficient (Wildman–Crippen LogP) is 1.73. The second-order valence-electron chi connectivity index (χ2n) is 4.04. The van der Waals surface area contributed by atoms with Crippen molar-refractivity contribution in [1.29, 1.82) is 0 Å². The standard InChI is InChI=1S/2C5H12O.H2O3S/c2*1-5(2)3-4-6;1-4(2)3/h2*5-6H,3-4H2,1-2H3;(H2,1,2,3). The summed E-state index contributed by atoms with van der Waals surface area (Å²) in [6, 6.07) is 0. The van der Waals surface area contributed by atoms with E-state index in [9.17, 15) is 0 Å². The normalized spacial score (nSPS) is 9.69. The monoisotopic (exact) mass is 258 g/mol. The number of aliphatic hydroxyl groups is 2. The van der Waals surface area contributed by atoms with Gasteiger partial charge in [-0.25, -0.2) is 0 Å². The van der Waals surface area contributed by atoms with E-state index in [1.54, 1.807) is 0 Å². The van der Waals surface area contributed by atoms with Gasteiger partial charge in [-0.2, -0.15) is 4.21 Å². The second kappa shape index (κ2) is 17.4. The summed E-state index contributed by atoms with van der Waals surface area (Å²) in [7, 11) is 0. The molecule has 0 aromatic carbocycles. The zero-order valence-corrected chi connectivity index (χ0v) is 11.4. The Balaban J connectivity index is -0.000000162. The Morgan fingerprint density at radius 2 is 1.06 bits per heavy atom. The van der Waals surface area contributed by atoms with Crippen molar-refractivity contribution < 1.29 is 23.5 Å². The Morgan fingerprint density at radius 1 is 0.875 bits per heavy atom. The molecule has 0 aliphatic heterocycles. The van der Waals surface area contributed by atoms with E-state index in [-0.39, 0.29) is 0 Å². The first-order valence-electron chi connectivity index (χ1n) is 5.29. The highest BCUT2D eigenvalue weighted by atomic mass is 32.2. The van der Waals surface area contributed by atoms with Gasteiger partial charge in [-0.15, -0.1) is 0 Å². The molecule has 5 nitrogen and oxygen atoms in total. The van der Waals surface area contributed by atoms with E-state index in [0.717, 1.165) is 12.8 Å². The summed E-state index contributed by atoms with van der Waals surface area (Å²) in [5, 5.41) is 16.5. The minimum atomic E-state index is -2.61. The van der Waals surface area contributed by atoms with Crippen molar-refractivity contribution >= 4 is 11.4 Å². The number of rotatable bonds is 4. The summed E-state index contributed by atoms with van der Waals surface area (Å²) in [6.07, 6.45) is 1.86. The van der Waals surface area contributed by atoms with Crippen molar-refractivity contribution in [2.75, 3.05) is 13.2 Å². The molecule has 0 unspecified atom stereocenters. The Bertz CT molecular complexity index is 125. The molecule has 0 heterocycles. The first kappa shape index (κ1) is 21.3. The minimum Gasteiger partial charge on any atom is -0.396 e. The van der Waals surface area contributed by atoms with E-state index >= 15 is 0 Å². The molecule has 0 fully saturated rings. The fourth-order valence-corrected chi connectivity index (χ4v) is 0.516. The fraction of sp³-hybridized carbons (Fsp3) is 1.00. The van der Waals surface area contributed by atoms with E-state index in [4.69, 9.17) is 23.5 Å². The van der Waals surface area contributed by atoms with Crippen molar-refractivity contribution in [3.8, 4) is 0 Å². The van der Waals surface area contributed by atoms with Gasteiger partial charge in [-0.1, -0.05) is 27.7 Å². The van der Waals surface area contributed by atoms with Gasteiger partial charge in [0.2, 0.25) is 0 Å². The topological polar surface area (TPSA) is 98.0 Å². The highest BCUT2D eigenvalue weighted by molar-refractivity contribution is 7.73. The predicted molar refractivity (Wildman–Crippen MR) is 66.5 cm³/mol. The summed E-state index contributed by atoms with van der Waals surface area (Å²) in [5.74, 6) is 1.30. The maximum atomic E-state index is 8.67. The van der Waals surface area contributed by atoms with Crippen LogP contribution in [0.25, 0.3) is 0 Å². The zero-order valence-electron chi connectivity index (χ0n) is 10.6. The van der Waals surface area contributed by atoms with Crippen LogP contribution in [0.4, 0.5) is 0 Å². The van der Waals surface area contributed by atoms with Crippen molar-refractivity contribution in [1.82, 2.24) is 0 Å². The molecule has 0 bridgehead atoms. The van der Waals surface area contributed by atoms with Crippen LogP contribution in [-0.2, 0) is 11.4 Å². The number of hydrogen-bond donors (Lipinski definition) is 4. The Morgan fingerprint density at radius 3 is 1.06 bits per heavy atom. The van der Waals surface area contributed by atoms with Gasteiger partial charge in [0.1, 0.15) is 0 Å². The average molecular weight is 258 g/mol. The van der Waals surface area contributed by atoms with Crippen LogP contribution >= 0.6 is 0 Å². The van der Waals surface area contributed by atoms with Crippen LogP contribution in [-0.4, -0.2) is 36.7 Å². The third kappa shape index (κ3) is 65.8. The molecule has 0 spiro atoms. The van der Waals surface area contributed by atoms with E-state index in [2.05, 4.69) is 27.7 Å². The second-order valence-corrected chi connectivity index (χ2v) is 4.50.